The van der Waals surface area contributed by atoms with Gasteiger partial charge in [-0.15, -0.1) is 0 Å². The largest absolute Gasteiger partial charge is 0.390 e. The van der Waals surface area contributed by atoms with Gasteiger partial charge >= 0.3 is 0 Å². The molecule has 0 saturated heterocycles. The molecule has 106 valence electrons. The van der Waals surface area contributed by atoms with Crippen LogP contribution in [-0.4, -0.2) is 15.7 Å². The Hall–Kier alpha value is -0.600. The summed E-state index contributed by atoms with van der Waals surface area (Å²) in [5.41, 5.74) is 0.648. The van der Waals surface area contributed by atoms with Gasteiger partial charge < -0.3 is 5.11 Å². The predicted octanol–water partition coefficient (Wildman–Crippen LogP) is 4.24. The second-order valence-corrected chi connectivity index (χ2v) is 8.13. The molecule has 0 bridgehead atoms. The Balaban J connectivity index is 2.25. The van der Waals surface area contributed by atoms with Crippen molar-refractivity contribution in [1.29, 1.82) is 0 Å². The first-order valence-corrected chi connectivity index (χ1v) is 7.30. The molecular formula is C16H24ClNO. The van der Waals surface area contributed by atoms with Crippen LogP contribution in [0.25, 0.3) is 0 Å². The van der Waals surface area contributed by atoms with Gasteiger partial charge in [-0.25, -0.2) is 0 Å². The van der Waals surface area contributed by atoms with E-state index in [2.05, 4.69) is 32.7 Å². The number of rotatable bonds is 2. The Kier molecular flexibility index (Phi) is 3.70. The maximum Gasteiger partial charge on any atom is 0.0698 e. The molecule has 3 heteroatoms. The first-order valence-electron chi connectivity index (χ1n) is 6.92. The van der Waals surface area contributed by atoms with Gasteiger partial charge in [0, 0.05) is 18.8 Å². The van der Waals surface area contributed by atoms with Crippen molar-refractivity contribution in [1.82, 2.24) is 4.98 Å². The van der Waals surface area contributed by atoms with Crippen LogP contribution in [0.3, 0.4) is 0 Å². The molecule has 19 heavy (non-hydrogen) atoms. The van der Waals surface area contributed by atoms with Gasteiger partial charge in [-0.05, 0) is 41.7 Å². The normalized spacial score (nSPS) is 24.1. The van der Waals surface area contributed by atoms with E-state index in [4.69, 9.17) is 11.6 Å². The summed E-state index contributed by atoms with van der Waals surface area (Å²) in [6.45, 7) is 8.97. The molecule has 0 aliphatic heterocycles. The highest BCUT2D eigenvalue weighted by Crippen LogP contribution is 2.51. The minimum Gasteiger partial charge on any atom is -0.390 e. The fourth-order valence-corrected chi connectivity index (χ4v) is 4.48. The second-order valence-electron chi connectivity index (χ2n) is 7.73. The van der Waals surface area contributed by atoms with Gasteiger partial charge in [-0.3, -0.25) is 4.98 Å². The third-order valence-electron chi connectivity index (χ3n) is 3.95. The molecule has 1 saturated carbocycles. The molecule has 0 spiro atoms. The van der Waals surface area contributed by atoms with Crippen molar-refractivity contribution in [3.63, 3.8) is 0 Å². The van der Waals surface area contributed by atoms with E-state index in [-0.39, 0.29) is 10.8 Å². The summed E-state index contributed by atoms with van der Waals surface area (Å²) in [4.78, 5) is 4.00. The number of aliphatic hydroxyl groups is 1. The molecule has 1 aromatic heterocycles. The highest BCUT2D eigenvalue weighted by molar-refractivity contribution is 6.31. The van der Waals surface area contributed by atoms with Crippen molar-refractivity contribution in [3.05, 3.63) is 29.0 Å². The van der Waals surface area contributed by atoms with Gasteiger partial charge in [-0.2, -0.15) is 0 Å². The average Bonchev–Trinajstić information content (AvgIpc) is 2.15. The Bertz CT molecular complexity index is 452. The number of pyridine rings is 1. The van der Waals surface area contributed by atoms with Gasteiger partial charge in [0.25, 0.3) is 0 Å². The van der Waals surface area contributed by atoms with Gasteiger partial charge in [0.1, 0.15) is 0 Å². The number of hydrogen-bond donors (Lipinski definition) is 1. The minimum atomic E-state index is -0.670. The molecule has 0 amide bonds. The molecule has 0 atom stereocenters. The zero-order chi connectivity index (χ0) is 14.3. The van der Waals surface area contributed by atoms with Crippen molar-refractivity contribution in [2.75, 3.05) is 0 Å². The molecule has 0 aromatic carbocycles. The van der Waals surface area contributed by atoms with Crippen LogP contribution in [0.4, 0.5) is 0 Å². The Morgan fingerprint density at radius 1 is 1.16 bits per heavy atom. The van der Waals surface area contributed by atoms with E-state index in [0.29, 0.717) is 11.4 Å². The standard InChI is InChI=1S/C16H24ClNO/c1-14(2)9-15(3,4)11-16(19,10-14)7-12-5-6-18-8-13(12)17/h5-6,8,19H,7,9-11H2,1-4H3. The van der Waals surface area contributed by atoms with Crippen LogP contribution >= 0.6 is 11.6 Å². The van der Waals surface area contributed by atoms with Crippen molar-refractivity contribution in [2.45, 2.75) is 59.0 Å². The molecule has 0 unspecified atom stereocenters. The maximum absolute atomic E-state index is 11.0. The molecule has 1 aromatic rings. The van der Waals surface area contributed by atoms with E-state index < -0.39 is 5.60 Å². The Labute approximate surface area is 121 Å². The van der Waals surface area contributed by atoms with Crippen LogP contribution in [-0.2, 0) is 6.42 Å². The monoisotopic (exact) mass is 281 g/mol. The third-order valence-corrected chi connectivity index (χ3v) is 4.29. The van der Waals surface area contributed by atoms with Crippen LogP contribution < -0.4 is 0 Å². The Morgan fingerprint density at radius 3 is 2.26 bits per heavy atom. The number of nitrogens with zero attached hydrogens (tertiary/aromatic N) is 1. The van der Waals surface area contributed by atoms with E-state index in [0.717, 1.165) is 24.8 Å². The highest BCUT2D eigenvalue weighted by atomic mass is 35.5. The lowest BCUT2D eigenvalue weighted by molar-refractivity contribution is -0.0850. The molecule has 1 heterocycles. The van der Waals surface area contributed by atoms with Crippen LogP contribution in [0.1, 0.15) is 52.5 Å². The minimum absolute atomic E-state index is 0.163. The van der Waals surface area contributed by atoms with Crippen LogP contribution in [0.5, 0.6) is 0 Å². The van der Waals surface area contributed by atoms with E-state index in [1.165, 1.54) is 0 Å². The van der Waals surface area contributed by atoms with Gasteiger partial charge in [0.05, 0.1) is 10.6 Å². The average molecular weight is 282 g/mol. The van der Waals surface area contributed by atoms with Gasteiger partial charge in [-0.1, -0.05) is 39.3 Å². The van der Waals surface area contributed by atoms with Crippen LogP contribution in [0.15, 0.2) is 18.5 Å². The summed E-state index contributed by atoms with van der Waals surface area (Å²) in [5, 5.41) is 11.7. The molecule has 2 nitrogen and oxygen atoms in total. The zero-order valence-electron chi connectivity index (χ0n) is 12.3. The third kappa shape index (κ3) is 3.70. The van der Waals surface area contributed by atoms with Crippen molar-refractivity contribution >= 4 is 11.6 Å². The molecule has 1 N–H and O–H groups in total. The molecule has 1 aliphatic carbocycles. The van der Waals surface area contributed by atoms with Gasteiger partial charge in [0.15, 0.2) is 0 Å². The van der Waals surface area contributed by atoms with Crippen LogP contribution in [0, 0.1) is 10.8 Å². The van der Waals surface area contributed by atoms with E-state index in [1.54, 1.807) is 12.4 Å². The lowest BCUT2D eigenvalue weighted by Crippen LogP contribution is -2.47. The first kappa shape index (κ1) is 14.8. The number of halogens is 1. The quantitative estimate of drug-likeness (QED) is 0.879. The molecule has 1 aliphatic rings. The number of hydrogen-bond acceptors (Lipinski definition) is 2. The van der Waals surface area contributed by atoms with Crippen molar-refractivity contribution < 1.29 is 5.11 Å². The van der Waals surface area contributed by atoms with E-state index in [1.807, 2.05) is 6.07 Å². The summed E-state index contributed by atoms with van der Waals surface area (Å²) < 4.78 is 0. The molecule has 1 fully saturated rings. The lowest BCUT2D eigenvalue weighted by atomic mass is 9.58. The molecular weight excluding hydrogens is 258 g/mol. The predicted molar refractivity (Wildman–Crippen MR) is 79.3 cm³/mol. The van der Waals surface area contributed by atoms with Crippen molar-refractivity contribution in [3.8, 4) is 0 Å². The first-order chi connectivity index (χ1) is 8.61. The zero-order valence-corrected chi connectivity index (χ0v) is 13.1. The van der Waals surface area contributed by atoms with E-state index >= 15 is 0 Å². The summed E-state index contributed by atoms with van der Waals surface area (Å²) in [6.07, 6.45) is 6.79. The van der Waals surface area contributed by atoms with Gasteiger partial charge in [0.2, 0.25) is 0 Å². The second kappa shape index (κ2) is 4.75. The summed E-state index contributed by atoms with van der Waals surface area (Å²) in [6, 6.07) is 1.91. The summed E-state index contributed by atoms with van der Waals surface area (Å²) in [7, 11) is 0. The summed E-state index contributed by atoms with van der Waals surface area (Å²) >= 11 is 6.17. The maximum atomic E-state index is 11.0. The fraction of sp³-hybridized carbons (Fsp3) is 0.688. The van der Waals surface area contributed by atoms with Crippen LogP contribution in [0.2, 0.25) is 5.02 Å². The summed E-state index contributed by atoms with van der Waals surface area (Å²) in [5.74, 6) is 0. The van der Waals surface area contributed by atoms with Crippen molar-refractivity contribution in [2.24, 2.45) is 10.8 Å². The lowest BCUT2D eigenvalue weighted by Gasteiger charge is -2.49. The molecule has 2 rings (SSSR count). The van der Waals surface area contributed by atoms with E-state index in [9.17, 15) is 5.11 Å². The SMILES string of the molecule is CC1(C)CC(C)(C)CC(O)(Cc2ccncc2Cl)C1. The topological polar surface area (TPSA) is 33.1 Å². The number of aromatic nitrogens is 1. The fourth-order valence-electron chi connectivity index (χ4n) is 4.29. The smallest absolute Gasteiger partial charge is 0.0698 e. The molecule has 0 radical (unpaired) electrons. The highest BCUT2D eigenvalue weighted by Gasteiger charge is 2.46. The Morgan fingerprint density at radius 2 is 1.74 bits per heavy atom.